The van der Waals surface area contributed by atoms with Crippen LogP contribution in [0.1, 0.15) is 25.5 Å². The highest BCUT2D eigenvalue weighted by molar-refractivity contribution is 5.85. The second kappa shape index (κ2) is 7.25. The van der Waals surface area contributed by atoms with E-state index in [9.17, 15) is 4.79 Å². The number of nitrogens with one attached hydrogen (secondary N) is 1. The SMILES string of the molecule is CC(C)C(=O)NCC(N)c1ccccc1.Cl. The molecule has 16 heavy (non-hydrogen) atoms. The number of rotatable bonds is 4. The Morgan fingerprint density at radius 2 is 1.88 bits per heavy atom. The molecule has 0 spiro atoms. The topological polar surface area (TPSA) is 55.1 Å². The van der Waals surface area contributed by atoms with Gasteiger partial charge in [-0.05, 0) is 5.56 Å². The van der Waals surface area contributed by atoms with Crippen molar-refractivity contribution in [2.75, 3.05) is 6.54 Å². The number of amides is 1. The lowest BCUT2D eigenvalue weighted by Gasteiger charge is -2.14. The summed E-state index contributed by atoms with van der Waals surface area (Å²) in [5.41, 5.74) is 6.97. The third kappa shape index (κ3) is 4.64. The van der Waals surface area contributed by atoms with Crippen LogP contribution in [0.2, 0.25) is 0 Å². The van der Waals surface area contributed by atoms with Crippen molar-refractivity contribution in [1.82, 2.24) is 5.32 Å². The summed E-state index contributed by atoms with van der Waals surface area (Å²) in [7, 11) is 0. The summed E-state index contributed by atoms with van der Waals surface area (Å²) in [4.78, 5) is 11.3. The third-order valence-electron chi connectivity index (χ3n) is 2.25. The van der Waals surface area contributed by atoms with Crippen LogP contribution < -0.4 is 11.1 Å². The van der Waals surface area contributed by atoms with E-state index in [1.165, 1.54) is 0 Å². The number of hydrogen-bond donors (Lipinski definition) is 2. The Morgan fingerprint density at radius 1 is 1.31 bits per heavy atom. The summed E-state index contributed by atoms with van der Waals surface area (Å²) in [6.07, 6.45) is 0. The highest BCUT2D eigenvalue weighted by Crippen LogP contribution is 2.08. The fraction of sp³-hybridized carbons (Fsp3) is 0.417. The molecule has 0 heterocycles. The van der Waals surface area contributed by atoms with Crippen LogP contribution in [0.25, 0.3) is 0 Å². The largest absolute Gasteiger partial charge is 0.354 e. The zero-order chi connectivity index (χ0) is 11.3. The molecule has 3 N–H and O–H groups in total. The Kier molecular flexibility index (Phi) is 6.77. The molecule has 0 saturated heterocycles. The molecule has 1 rings (SSSR count). The van der Waals surface area contributed by atoms with Gasteiger partial charge in [0, 0.05) is 18.5 Å². The summed E-state index contributed by atoms with van der Waals surface area (Å²) in [6, 6.07) is 9.63. The summed E-state index contributed by atoms with van der Waals surface area (Å²) >= 11 is 0. The van der Waals surface area contributed by atoms with Crippen molar-refractivity contribution in [2.24, 2.45) is 11.7 Å². The van der Waals surface area contributed by atoms with Gasteiger partial charge in [0.25, 0.3) is 0 Å². The summed E-state index contributed by atoms with van der Waals surface area (Å²) < 4.78 is 0. The predicted octanol–water partition coefficient (Wildman–Crippen LogP) is 1.88. The number of halogens is 1. The van der Waals surface area contributed by atoms with Gasteiger partial charge in [0.05, 0.1) is 0 Å². The van der Waals surface area contributed by atoms with E-state index in [0.717, 1.165) is 5.56 Å². The Bertz CT molecular complexity index is 314. The van der Waals surface area contributed by atoms with Crippen molar-refractivity contribution < 1.29 is 4.79 Å². The van der Waals surface area contributed by atoms with Gasteiger partial charge in [0.2, 0.25) is 5.91 Å². The lowest BCUT2D eigenvalue weighted by molar-refractivity contribution is -0.124. The summed E-state index contributed by atoms with van der Waals surface area (Å²) in [5.74, 6) is 0.0503. The van der Waals surface area contributed by atoms with Gasteiger partial charge in [0.1, 0.15) is 0 Å². The molecule has 0 fully saturated rings. The lowest BCUT2D eigenvalue weighted by Crippen LogP contribution is -2.34. The summed E-state index contributed by atoms with van der Waals surface area (Å²) in [5, 5.41) is 2.82. The van der Waals surface area contributed by atoms with Crippen molar-refractivity contribution in [3.63, 3.8) is 0 Å². The van der Waals surface area contributed by atoms with E-state index in [1.54, 1.807) is 0 Å². The molecule has 0 aromatic heterocycles. The van der Waals surface area contributed by atoms with Crippen LogP contribution in [-0.2, 0) is 4.79 Å². The fourth-order valence-corrected chi connectivity index (χ4v) is 1.23. The van der Waals surface area contributed by atoms with E-state index in [0.29, 0.717) is 6.54 Å². The molecule has 0 bridgehead atoms. The first kappa shape index (κ1) is 14.9. The average molecular weight is 243 g/mol. The van der Waals surface area contributed by atoms with Crippen molar-refractivity contribution >= 4 is 18.3 Å². The maximum Gasteiger partial charge on any atom is 0.222 e. The molecule has 1 unspecified atom stereocenters. The standard InChI is InChI=1S/C12H18N2O.ClH/c1-9(2)12(15)14-8-11(13)10-6-4-3-5-7-10;/h3-7,9,11H,8,13H2,1-2H3,(H,14,15);1H. The normalized spacial score (nSPS) is 11.8. The van der Waals surface area contributed by atoms with Gasteiger partial charge in [-0.15, -0.1) is 12.4 Å². The maximum absolute atomic E-state index is 11.3. The van der Waals surface area contributed by atoms with Gasteiger partial charge in [-0.25, -0.2) is 0 Å². The smallest absolute Gasteiger partial charge is 0.222 e. The lowest BCUT2D eigenvalue weighted by atomic mass is 10.1. The number of hydrogen-bond acceptors (Lipinski definition) is 2. The van der Waals surface area contributed by atoms with E-state index in [1.807, 2.05) is 44.2 Å². The third-order valence-corrected chi connectivity index (χ3v) is 2.25. The van der Waals surface area contributed by atoms with Gasteiger partial charge in [0.15, 0.2) is 0 Å². The molecular formula is C12H19ClN2O. The van der Waals surface area contributed by atoms with Crippen LogP contribution in [0.5, 0.6) is 0 Å². The minimum Gasteiger partial charge on any atom is -0.354 e. The quantitative estimate of drug-likeness (QED) is 0.847. The number of carbonyl (C=O) groups is 1. The van der Waals surface area contributed by atoms with E-state index < -0.39 is 0 Å². The second-order valence-electron chi connectivity index (χ2n) is 3.92. The highest BCUT2D eigenvalue weighted by Gasteiger charge is 2.09. The molecule has 0 aliphatic rings. The Balaban J connectivity index is 0.00000225. The van der Waals surface area contributed by atoms with Crippen LogP contribution in [0.3, 0.4) is 0 Å². The zero-order valence-corrected chi connectivity index (χ0v) is 10.5. The predicted molar refractivity (Wildman–Crippen MR) is 68.5 cm³/mol. The molecule has 0 aliphatic carbocycles. The second-order valence-corrected chi connectivity index (χ2v) is 3.92. The number of nitrogens with two attached hydrogens (primary N) is 1. The van der Waals surface area contributed by atoms with Crippen LogP contribution in [0.15, 0.2) is 30.3 Å². The Morgan fingerprint density at radius 3 is 2.38 bits per heavy atom. The van der Waals surface area contributed by atoms with Crippen molar-refractivity contribution in [3.8, 4) is 0 Å². The molecule has 3 nitrogen and oxygen atoms in total. The van der Waals surface area contributed by atoms with Crippen molar-refractivity contribution in [3.05, 3.63) is 35.9 Å². The van der Waals surface area contributed by atoms with E-state index in [4.69, 9.17) is 5.73 Å². The molecule has 1 aromatic rings. The molecule has 0 radical (unpaired) electrons. The molecule has 1 aromatic carbocycles. The van der Waals surface area contributed by atoms with Crippen LogP contribution in [0, 0.1) is 5.92 Å². The van der Waals surface area contributed by atoms with Gasteiger partial charge in [-0.3, -0.25) is 4.79 Å². The Labute approximate surface area is 103 Å². The van der Waals surface area contributed by atoms with Gasteiger partial charge < -0.3 is 11.1 Å². The molecule has 0 aliphatic heterocycles. The van der Waals surface area contributed by atoms with Crippen molar-refractivity contribution in [1.29, 1.82) is 0 Å². The van der Waals surface area contributed by atoms with Gasteiger partial charge >= 0.3 is 0 Å². The maximum atomic E-state index is 11.3. The van der Waals surface area contributed by atoms with Gasteiger partial charge in [-0.1, -0.05) is 44.2 Å². The van der Waals surface area contributed by atoms with Crippen LogP contribution in [-0.4, -0.2) is 12.5 Å². The molecule has 1 atom stereocenters. The molecule has 4 heteroatoms. The molecule has 90 valence electrons. The van der Waals surface area contributed by atoms with Gasteiger partial charge in [-0.2, -0.15) is 0 Å². The first-order valence-electron chi connectivity index (χ1n) is 5.19. The minimum absolute atomic E-state index is 0. The van der Waals surface area contributed by atoms with Crippen molar-refractivity contribution in [2.45, 2.75) is 19.9 Å². The monoisotopic (exact) mass is 242 g/mol. The van der Waals surface area contributed by atoms with Crippen LogP contribution >= 0.6 is 12.4 Å². The first-order valence-corrected chi connectivity index (χ1v) is 5.19. The molecule has 1 amide bonds. The van der Waals surface area contributed by atoms with E-state index >= 15 is 0 Å². The highest BCUT2D eigenvalue weighted by atomic mass is 35.5. The fourth-order valence-electron chi connectivity index (χ4n) is 1.23. The van der Waals surface area contributed by atoms with E-state index in [2.05, 4.69) is 5.32 Å². The zero-order valence-electron chi connectivity index (χ0n) is 9.64. The molecule has 0 saturated carbocycles. The minimum atomic E-state index is -0.131. The number of benzene rings is 1. The number of carbonyl (C=O) groups excluding carboxylic acids is 1. The Hall–Kier alpha value is -1.06. The molecular weight excluding hydrogens is 224 g/mol. The average Bonchev–Trinajstić information content (AvgIpc) is 2.26. The van der Waals surface area contributed by atoms with Crippen LogP contribution in [0.4, 0.5) is 0 Å². The van der Waals surface area contributed by atoms with E-state index in [-0.39, 0.29) is 30.3 Å². The summed E-state index contributed by atoms with van der Waals surface area (Å²) in [6.45, 7) is 4.22. The first-order chi connectivity index (χ1) is 7.11.